The molecule has 2 spiro atoms. The summed E-state index contributed by atoms with van der Waals surface area (Å²) in [7, 11) is 0. The van der Waals surface area contributed by atoms with Crippen LogP contribution in [0.15, 0.2) is 91.0 Å². The molecule has 36 heavy (non-hydrogen) atoms. The molecule has 0 heterocycles. The lowest BCUT2D eigenvalue weighted by Gasteiger charge is -2.65. The average molecular weight is 485 g/mol. The Kier molecular flexibility index (Phi) is 3.78. The van der Waals surface area contributed by atoms with E-state index in [2.05, 4.69) is 91.0 Å². The van der Waals surface area contributed by atoms with Crippen molar-refractivity contribution in [2.45, 2.75) is 42.9 Å². The highest BCUT2D eigenvalue weighted by atomic mass is 35.5. The zero-order valence-electron chi connectivity index (χ0n) is 20.4. The van der Waals surface area contributed by atoms with E-state index in [1.54, 1.807) is 11.1 Å². The number of halogens is 1. The second kappa shape index (κ2) is 6.73. The summed E-state index contributed by atoms with van der Waals surface area (Å²) in [6.07, 6.45) is 7.04. The number of rotatable bonds is 0. The highest BCUT2D eigenvalue weighted by Gasteiger charge is 2.64. The van der Waals surface area contributed by atoms with Crippen LogP contribution in [0.2, 0.25) is 5.02 Å². The third-order valence-corrected chi connectivity index (χ3v) is 11.2. The van der Waals surface area contributed by atoms with Crippen LogP contribution in [-0.2, 0) is 10.8 Å². The maximum atomic E-state index is 6.90. The predicted molar refractivity (Wildman–Crippen MR) is 147 cm³/mol. The highest BCUT2D eigenvalue weighted by molar-refractivity contribution is 6.30. The minimum Gasteiger partial charge on any atom is -0.0843 e. The molecule has 10 rings (SSSR count). The van der Waals surface area contributed by atoms with Crippen molar-refractivity contribution in [2.75, 3.05) is 0 Å². The van der Waals surface area contributed by atoms with Crippen molar-refractivity contribution in [3.63, 3.8) is 0 Å². The van der Waals surface area contributed by atoms with Gasteiger partial charge in [-0.1, -0.05) is 90.5 Å². The Morgan fingerprint density at radius 3 is 1.61 bits per heavy atom. The van der Waals surface area contributed by atoms with Crippen molar-refractivity contribution in [1.82, 2.24) is 0 Å². The summed E-state index contributed by atoms with van der Waals surface area (Å²) >= 11 is 6.90. The lowest BCUT2D eigenvalue weighted by atomic mass is 9.38. The Hall–Kier alpha value is -2.83. The quantitative estimate of drug-likeness (QED) is 0.206. The van der Waals surface area contributed by atoms with Crippen LogP contribution >= 0.6 is 11.6 Å². The van der Waals surface area contributed by atoms with Crippen molar-refractivity contribution in [3.05, 3.63) is 129 Å². The van der Waals surface area contributed by atoms with Crippen LogP contribution in [0.5, 0.6) is 0 Å². The van der Waals surface area contributed by atoms with E-state index in [4.69, 9.17) is 11.6 Å². The van der Waals surface area contributed by atoms with E-state index < -0.39 is 0 Å². The molecule has 4 fully saturated rings. The van der Waals surface area contributed by atoms with Crippen molar-refractivity contribution >= 4 is 11.6 Å². The molecule has 176 valence electrons. The summed E-state index contributed by atoms with van der Waals surface area (Å²) in [4.78, 5) is 0. The fraction of sp³-hybridized carbons (Fsp3) is 0.314. The van der Waals surface area contributed by atoms with Crippen molar-refractivity contribution in [2.24, 2.45) is 23.7 Å². The predicted octanol–water partition coefficient (Wildman–Crippen LogP) is 8.76. The van der Waals surface area contributed by atoms with Crippen LogP contribution in [0.25, 0.3) is 11.1 Å². The van der Waals surface area contributed by atoms with Gasteiger partial charge in [-0.05, 0) is 112 Å². The summed E-state index contributed by atoms with van der Waals surface area (Å²) in [6, 6.07) is 34.8. The Balaban J connectivity index is 1.47. The molecule has 6 aliphatic carbocycles. The molecule has 0 nitrogen and oxygen atoms in total. The molecule has 0 radical (unpaired) electrons. The van der Waals surface area contributed by atoms with E-state index in [1.807, 2.05) is 0 Å². The number of fused-ring (bicyclic) bond motifs is 9. The van der Waals surface area contributed by atoms with Crippen LogP contribution < -0.4 is 0 Å². The molecule has 0 amide bonds. The largest absolute Gasteiger partial charge is 0.0843 e. The maximum Gasteiger partial charge on any atom is 0.0720 e. The molecule has 0 atom stereocenters. The summed E-state index contributed by atoms with van der Waals surface area (Å²) < 4.78 is 0. The van der Waals surface area contributed by atoms with Gasteiger partial charge in [0.15, 0.2) is 0 Å². The lowest BCUT2D eigenvalue weighted by Crippen LogP contribution is -2.59. The van der Waals surface area contributed by atoms with E-state index in [-0.39, 0.29) is 10.8 Å². The first-order valence-corrected chi connectivity index (χ1v) is 14.2. The third kappa shape index (κ3) is 2.14. The van der Waals surface area contributed by atoms with Crippen molar-refractivity contribution < 1.29 is 0 Å². The van der Waals surface area contributed by atoms with Crippen LogP contribution in [0.4, 0.5) is 0 Å². The second-order valence-corrected chi connectivity index (χ2v) is 12.7. The highest BCUT2D eigenvalue weighted by Crippen LogP contribution is 2.71. The molecule has 4 aromatic rings. The molecule has 0 aromatic heterocycles. The van der Waals surface area contributed by atoms with Gasteiger partial charge >= 0.3 is 0 Å². The second-order valence-electron chi connectivity index (χ2n) is 12.3. The van der Waals surface area contributed by atoms with Crippen LogP contribution in [0.3, 0.4) is 0 Å². The number of hydrogen-bond acceptors (Lipinski definition) is 0. The Labute approximate surface area is 218 Å². The van der Waals surface area contributed by atoms with Gasteiger partial charge in [0.2, 0.25) is 0 Å². The molecule has 0 unspecified atom stereocenters. The number of hydrogen-bond donors (Lipinski definition) is 0. The summed E-state index contributed by atoms with van der Waals surface area (Å²) in [5.41, 5.74) is 11.5. The van der Waals surface area contributed by atoms with Gasteiger partial charge in [-0.25, -0.2) is 0 Å². The van der Waals surface area contributed by atoms with Crippen LogP contribution in [0.1, 0.15) is 65.5 Å². The molecule has 4 saturated carbocycles. The van der Waals surface area contributed by atoms with Gasteiger partial charge in [-0.15, -0.1) is 0 Å². The fourth-order valence-electron chi connectivity index (χ4n) is 10.3. The first-order valence-electron chi connectivity index (χ1n) is 13.8. The SMILES string of the molecule is Clc1ccc2c(c1)C1(c3ccccc3-c3ccccc31)c1ccccc1C21C2CC3CC(C2)CC1C3. The maximum absolute atomic E-state index is 6.90. The molecule has 4 bridgehead atoms. The topological polar surface area (TPSA) is 0 Å². The van der Waals surface area contributed by atoms with Gasteiger partial charge < -0.3 is 0 Å². The summed E-state index contributed by atoms with van der Waals surface area (Å²) in [5.74, 6) is 3.34. The van der Waals surface area contributed by atoms with Gasteiger partial charge in [0.1, 0.15) is 0 Å². The van der Waals surface area contributed by atoms with Crippen LogP contribution in [-0.4, -0.2) is 0 Å². The molecular weight excluding hydrogens is 456 g/mol. The molecule has 6 aliphatic rings. The fourth-order valence-corrected chi connectivity index (χ4v) is 10.4. The Bertz CT molecular complexity index is 1500. The van der Waals surface area contributed by atoms with E-state index in [1.165, 1.54) is 65.5 Å². The molecule has 1 heteroatoms. The van der Waals surface area contributed by atoms with Gasteiger partial charge in [0.25, 0.3) is 0 Å². The minimum absolute atomic E-state index is 0.113. The zero-order valence-corrected chi connectivity index (χ0v) is 21.1. The molecule has 4 aromatic carbocycles. The van der Waals surface area contributed by atoms with Gasteiger partial charge in [0, 0.05) is 10.4 Å². The first-order chi connectivity index (χ1) is 17.7. The Morgan fingerprint density at radius 1 is 0.500 bits per heavy atom. The number of benzene rings is 4. The van der Waals surface area contributed by atoms with E-state index in [9.17, 15) is 0 Å². The van der Waals surface area contributed by atoms with Crippen molar-refractivity contribution in [3.8, 4) is 11.1 Å². The standard InChI is InChI=1S/C35H29Cl/c36-25-13-14-32-33(20-25)35(28-9-3-1-7-26(28)27-8-2-4-10-29(27)35)31-12-6-5-11-30(31)34(32)23-16-21-15-22(18-23)19-24(34)17-21/h1-14,20-24H,15-19H2. The average Bonchev–Trinajstić information content (AvgIpc) is 3.20. The normalized spacial score (nSPS) is 31.2. The molecule has 0 aliphatic heterocycles. The van der Waals surface area contributed by atoms with E-state index in [0.717, 1.165) is 28.7 Å². The first kappa shape index (κ1) is 20.3. The minimum atomic E-state index is -0.316. The van der Waals surface area contributed by atoms with E-state index in [0.29, 0.717) is 0 Å². The summed E-state index contributed by atoms with van der Waals surface area (Å²) in [5, 5.41) is 0.855. The smallest absolute Gasteiger partial charge is 0.0720 e. The van der Waals surface area contributed by atoms with Crippen molar-refractivity contribution in [1.29, 1.82) is 0 Å². The van der Waals surface area contributed by atoms with Gasteiger partial charge in [-0.2, -0.15) is 0 Å². The lowest BCUT2D eigenvalue weighted by molar-refractivity contribution is -0.0440. The van der Waals surface area contributed by atoms with Gasteiger partial charge in [-0.3, -0.25) is 0 Å². The molecule has 0 N–H and O–H groups in total. The monoisotopic (exact) mass is 484 g/mol. The molecule has 0 saturated heterocycles. The van der Waals surface area contributed by atoms with E-state index >= 15 is 0 Å². The molecular formula is C35H29Cl. The summed E-state index contributed by atoms with van der Waals surface area (Å²) in [6.45, 7) is 0. The van der Waals surface area contributed by atoms with Crippen LogP contribution in [0, 0.1) is 23.7 Å². The third-order valence-electron chi connectivity index (χ3n) is 11.0. The Morgan fingerprint density at radius 2 is 1.00 bits per heavy atom. The zero-order chi connectivity index (χ0) is 23.6. The van der Waals surface area contributed by atoms with Gasteiger partial charge in [0.05, 0.1) is 5.41 Å².